The molecule has 1 aromatic heterocycles. The average Bonchev–Trinajstić information content (AvgIpc) is 3.36. The first kappa shape index (κ1) is 23.9. The van der Waals surface area contributed by atoms with Crippen LogP contribution in [0, 0.1) is 6.92 Å². The Labute approximate surface area is 213 Å². The molecule has 0 radical (unpaired) electrons. The van der Waals surface area contributed by atoms with Crippen LogP contribution < -0.4 is 20.1 Å². The third kappa shape index (κ3) is 4.45. The molecule has 4 aromatic rings. The Balaban J connectivity index is 1.39. The minimum atomic E-state index is -0.474. The maximum atomic E-state index is 13.3. The third-order valence-corrected chi connectivity index (χ3v) is 6.40. The fourth-order valence-corrected chi connectivity index (χ4v) is 4.54. The van der Waals surface area contributed by atoms with Crippen molar-refractivity contribution in [3.8, 4) is 11.5 Å². The molecule has 37 heavy (non-hydrogen) atoms. The number of ether oxygens (including phenoxy) is 2. The molecule has 2 N–H and O–H groups in total. The number of benzene rings is 3. The van der Waals surface area contributed by atoms with Crippen molar-refractivity contribution in [1.29, 1.82) is 0 Å². The van der Waals surface area contributed by atoms with Crippen LogP contribution in [0.1, 0.15) is 38.9 Å². The molecule has 0 saturated heterocycles. The van der Waals surface area contributed by atoms with E-state index in [0.29, 0.717) is 28.3 Å². The van der Waals surface area contributed by atoms with Crippen molar-refractivity contribution in [1.82, 2.24) is 4.57 Å². The summed E-state index contributed by atoms with van der Waals surface area (Å²) in [6.45, 7) is 4.87. The highest BCUT2D eigenvalue weighted by atomic mass is 16.5. The van der Waals surface area contributed by atoms with E-state index in [9.17, 15) is 14.4 Å². The first-order chi connectivity index (χ1) is 17.9. The maximum absolute atomic E-state index is 13.3. The summed E-state index contributed by atoms with van der Waals surface area (Å²) in [4.78, 5) is 36.5. The van der Waals surface area contributed by atoms with Crippen LogP contribution in [0.15, 0.2) is 66.4 Å². The number of urea groups is 1. The highest BCUT2D eigenvalue weighted by Crippen LogP contribution is 2.36. The van der Waals surface area contributed by atoms with Crippen molar-refractivity contribution in [2.45, 2.75) is 20.4 Å². The zero-order valence-electron chi connectivity index (χ0n) is 20.6. The minimum absolute atomic E-state index is 0.216. The van der Waals surface area contributed by atoms with Gasteiger partial charge in [0, 0.05) is 45.6 Å². The number of rotatable bonds is 6. The van der Waals surface area contributed by atoms with Gasteiger partial charge in [0.1, 0.15) is 17.8 Å². The lowest BCUT2D eigenvalue weighted by molar-refractivity contribution is 0.101. The number of ketones is 1. The predicted octanol–water partition coefficient (Wildman–Crippen LogP) is 6.05. The Kier molecular flexibility index (Phi) is 6.23. The number of hydrogen-bond acceptors (Lipinski definition) is 5. The van der Waals surface area contributed by atoms with Crippen molar-refractivity contribution in [3.05, 3.63) is 88.8 Å². The van der Waals surface area contributed by atoms with Crippen LogP contribution in [-0.2, 0) is 6.54 Å². The van der Waals surface area contributed by atoms with Crippen LogP contribution in [0.3, 0.4) is 0 Å². The van der Waals surface area contributed by atoms with Crippen LogP contribution >= 0.6 is 0 Å². The summed E-state index contributed by atoms with van der Waals surface area (Å²) in [6, 6.07) is 16.8. The molecule has 0 saturated carbocycles. The number of aromatic nitrogens is 1. The fourth-order valence-electron chi connectivity index (χ4n) is 4.54. The molecule has 1 aliphatic rings. The Bertz CT molecular complexity index is 1580. The van der Waals surface area contributed by atoms with Crippen LogP contribution in [0.4, 0.5) is 16.2 Å². The van der Waals surface area contributed by atoms with Crippen molar-refractivity contribution >= 4 is 46.5 Å². The summed E-state index contributed by atoms with van der Waals surface area (Å²) in [6.07, 6.45) is 2.50. The SMILES string of the molecule is CCn1c(C)c(/C=C2\Oc3ccc(NC(=O)Nc4ccc(C=O)cc4)cc3C2=O)c2cc(OC)ccc21. The highest BCUT2D eigenvalue weighted by molar-refractivity contribution is 6.16. The van der Waals surface area contributed by atoms with Gasteiger partial charge in [-0.2, -0.15) is 0 Å². The van der Waals surface area contributed by atoms with E-state index in [1.165, 1.54) is 0 Å². The van der Waals surface area contributed by atoms with E-state index in [0.717, 1.165) is 40.7 Å². The van der Waals surface area contributed by atoms with E-state index in [4.69, 9.17) is 9.47 Å². The summed E-state index contributed by atoms with van der Waals surface area (Å²) in [5, 5.41) is 6.39. The Morgan fingerprint density at radius 2 is 1.76 bits per heavy atom. The Morgan fingerprint density at radius 3 is 2.46 bits per heavy atom. The van der Waals surface area contributed by atoms with Crippen LogP contribution in [-0.4, -0.2) is 29.8 Å². The molecular weight excluding hydrogens is 470 g/mol. The van der Waals surface area contributed by atoms with Gasteiger partial charge in [-0.15, -0.1) is 0 Å². The number of nitrogens with one attached hydrogen (secondary N) is 2. The van der Waals surface area contributed by atoms with Crippen LogP contribution in [0.25, 0.3) is 17.0 Å². The Hall–Kier alpha value is -4.85. The van der Waals surface area contributed by atoms with Gasteiger partial charge in [0.2, 0.25) is 5.78 Å². The molecular formula is C29H25N3O5. The number of aryl methyl sites for hydroxylation is 1. The summed E-state index contributed by atoms with van der Waals surface area (Å²) in [5.41, 5.74) is 4.83. The number of hydrogen-bond donors (Lipinski definition) is 2. The second-order valence-electron chi connectivity index (χ2n) is 8.60. The van der Waals surface area contributed by atoms with Crippen LogP contribution in [0.2, 0.25) is 0 Å². The molecule has 0 aliphatic carbocycles. The molecule has 1 aliphatic heterocycles. The highest BCUT2D eigenvalue weighted by Gasteiger charge is 2.29. The second-order valence-corrected chi connectivity index (χ2v) is 8.60. The first-order valence-electron chi connectivity index (χ1n) is 11.8. The van der Waals surface area contributed by atoms with Gasteiger partial charge in [-0.05, 0) is 80.6 Å². The van der Waals surface area contributed by atoms with Crippen LogP contribution in [0.5, 0.6) is 11.5 Å². The fraction of sp³-hybridized carbons (Fsp3) is 0.138. The number of aldehydes is 1. The van der Waals surface area contributed by atoms with Gasteiger partial charge in [0.25, 0.3) is 0 Å². The molecule has 2 heterocycles. The van der Waals surface area contributed by atoms with Crippen molar-refractivity contribution in [3.63, 3.8) is 0 Å². The number of amides is 2. The number of allylic oxidation sites excluding steroid dienone is 1. The number of methoxy groups -OCH3 is 1. The Morgan fingerprint density at radius 1 is 1.03 bits per heavy atom. The van der Waals surface area contributed by atoms with E-state index in [1.54, 1.807) is 55.7 Å². The van der Waals surface area contributed by atoms with Gasteiger partial charge < -0.3 is 24.7 Å². The number of nitrogens with zero attached hydrogens (tertiary/aromatic N) is 1. The van der Waals surface area contributed by atoms with Gasteiger partial charge in [-0.3, -0.25) is 9.59 Å². The van der Waals surface area contributed by atoms with E-state index in [-0.39, 0.29) is 11.5 Å². The lowest BCUT2D eigenvalue weighted by Crippen LogP contribution is -2.19. The largest absolute Gasteiger partial charge is 0.497 e. The number of fused-ring (bicyclic) bond motifs is 2. The zero-order valence-corrected chi connectivity index (χ0v) is 20.6. The van der Waals surface area contributed by atoms with Gasteiger partial charge >= 0.3 is 6.03 Å². The molecule has 0 spiro atoms. The lowest BCUT2D eigenvalue weighted by atomic mass is 10.1. The normalized spacial score (nSPS) is 13.4. The van der Waals surface area contributed by atoms with Gasteiger partial charge in [-0.25, -0.2) is 4.79 Å². The molecule has 186 valence electrons. The summed E-state index contributed by atoms with van der Waals surface area (Å²) >= 11 is 0. The van der Waals surface area contributed by atoms with E-state index < -0.39 is 6.03 Å². The minimum Gasteiger partial charge on any atom is -0.497 e. The average molecular weight is 496 g/mol. The number of carbonyl (C=O) groups is 3. The quantitative estimate of drug-likeness (QED) is 0.251. The van der Waals surface area contributed by atoms with E-state index in [1.807, 2.05) is 25.1 Å². The molecule has 2 amide bonds. The van der Waals surface area contributed by atoms with Crippen molar-refractivity contribution in [2.24, 2.45) is 0 Å². The second kappa shape index (κ2) is 9.66. The summed E-state index contributed by atoms with van der Waals surface area (Å²) in [7, 11) is 1.62. The number of Topliss-reactive ketones (excluding diaryl/α,β-unsaturated/α-hetero) is 1. The maximum Gasteiger partial charge on any atom is 0.323 e. The molecule has 0 unspecified atom stereocenters. The zero-order chi connectivity index (χ0) is 26.1. The topological polar surface area (TPSA) is 98.7 Å². The molecule has 8 heteroatoms. The monoisotopic (exact) mass is 495 g/mol. The third-order valence-electron chi connectivity index (χ3n) is 6.40. The number of anilines is 2. The molecule has 0 atom stereocenters. The lowest BCUT2D eigenvalue weighted by Gasteiger charge is -2.08. The summed E-state index contributed by atoms with van der Waals surface area (Å²) in [5.74, 6) is 1.12. The number of carbonyl (C=O) groups excluding carboxylic acids is 3. The molecule has 8 nitrogen and oxygen atoms in total. The summed E-state index contributed by atoms with van der Waals surface area (Å²) < 4.78 is 13.5. The van der Waals surface area contributed by atoms with Crippen molar-refractivity contribution in [2.75, 3.05) is 17.7 Å². The first-order valence-corrected chi connectivity index (χ1v) is 11.8. The molecule has 3 aromatic carbocycles. The molecule has 0 fully saturated rings. The molecule has 0 bridgehead atoms. The standard InChI is InChI=1S/C29H25N3O5/c1-4-32-17(2)22(23-14-21(36-3)10-11-25(23)32)15-27-28(34)24-13-20(9-12-26(24)37-27)31-29(35)30-19-7-5-18(16-33)6-8-19/h5-16H,4H2,1-3H3,(H2,30,31,35)/b27-15-. The van der Waals surface area contributed by atoms with Crippen molar-refractivity contribution < 1.29 is 23.9 Å². The van der Waals surface area contributed by atoms with E-state index in [2.05, 4.69) is 22.1 Å². The van der Waals surface area contributed by atoms with Gasteiger partial charge in [0.05, 0.1) is 12.7 Å². The van der Waals surface area contributed by atoms with Gasteiger partial charge in [0.15, 0.2) is 5.76 Å². The van der Waals surface area contributed by atoms with E-state index >= 15 is 0 Å². The predicted molar refractivity (Wildman–Crippen MR) is 143 cm³/mol. The molecule has 5 rings (SSSR count). The van der Waals surface area contributed by atoms with Gasteiger partial charge in [-0.1, -0.05) is 0 Å². The smallest absolute Gasteiger partial charge is 0.323 e.